The Balaban J connectivity index is 1.97. The molecule has 0 saturated carbocycles. The number of H-pyrrole nitrogens is 1. The van der Waals surface area contributed by atoms with E-state index in [1.54, 1.807) is 0 Å². The van der Waals surface area contributed by atoms with Crippen LogP contribution in [0.5, 0.6) is 0 Å². The average Bonchev–Trinajstić information content (AvgIpc) is 3.00. The van der Waals surface area contributed by atoms with Gasteiger partial charge in [-0.05, 0) is 20.8 Å². The molecule has 0 aliphatic rings. The number of hydrogen-bond acceptors (Lipinski definition) is 5. The van der Waals surface area contributed by atoms with E-state index >= 15 is 0 Å². The van der Waals surface area contributed by atoms with Crippen molar-refractivity contribution in [2.45, 2.75) is 46.6 Å². The number of aromatic nitrogens is 4. The Labute approximate surface area is 117 Å². The molecule has 2 aromatic heterocycles. The summed E-state index contributed by atoms with van der Waals surface area (Å²) >= 11 is 0. The molecule has 108 valence electrons. The van der Waals surface area contributed by atoms with Crippen molar-refractivity contribution >= 4 is 5.91 Å². The summed E-state index contributed by atoms with van der Waals surface area (Å²) in [6, 6.07) is -0.303. The first-order valence-electron chi connectivity index (χ1n) is 6.63. The lowest BCUT2D eigenvalue weighted by atomic mass is 10.1. The number of aryl methyl sites for hydroxylation is 3. The van der Waals surface area contributed by atoms with Gasteiger partial charge in [-0.2, -0.15) is 10.1 Å². The third-order valence-corrected chi connectivity index (χ3v) is 3.17. The van der Waals surface area contributed by atoms with Gasteiger partial charge in [-0.3, -0.25) is 9.89 Å². The minimum absolute atomic E-state index is 0.0960. The van der Waals surface area contributed by atoms with Crippen molar-refractivity contribution in [1.82, 2.24) is 25.7 Å². The number of hydrogen-bond donors (Lipinski definition) is 2. The largest absolute Gasteiger partial charge is 0.344 e. The van der Waals surface area contributed by atoms with Crippen LogP contribution in [-0.4, -0.2) is 26.2 Å². The molecular weight excluding hydrogens is 258 g/mol. The molecule has 1 amide bonds. The van der Waals surface area contributed by atoms with Gasteiger partial charge < -0.3 is 9.84 Å². The average molecular weight is 277 g/mol. The summed E-state index contributed by atoms with van der Waals surface area (Å²) in [7, 11) is 0. The molecule has 2 heterocycles. The monoisotopic (exact) mass is 277 g/mol. The van der Waals surface area contributed by atoms with E-state index in [1.165, 1.54) is 0 Å². The van der Waals surface area contributed by atoms with E-state index in [0.717, 1.165) is 17.0 Å². The van der Waals surface area contributed by atoms with E-state index in [2.05, 4.69) is 25.7 Å². The first-order valence-corrected chi connectivity index (χ1v) is 6.63. The van der Waals surface area contributed by atoms with Crippen molar-refractivity contribution in [3.63, 3.8) is 0 Å². The van der Waals surface area contributed by atoms with Crippen LogP contribution in [0.2, 0.25) is 0 Å². The lowest BCUT2D eigenvalue weighted by Crippen LogP contribution is -2.28. The molecule has 0 aliphatic heterocycles. The van der Waals surface area contributed by atoms with Crippen LogP contribution < -0.4 is 5.32 Å². The summed E-state index contributed by atoms with van der Waals surface area (Å²) < 4.78 is 5.11. The second-order valence-corrected chi connectivity index (χ2v) is 4.78. The van der Waals surface area contributed by atoms with Crippen LogP contribution in [0.25, 0.3) is 0 Å². The van der Waals surface area contributed by atoms with E-state index in [1.807, 2.05) is 27.7 Å². The Bertz CT molecular complexity index is 582. The molecule has 0 aromatic carbocycles. The SMILES string of the molecule is CCc1noc(C(C)NC(=O)Cc2c(C)n[nH]c2C)n1. The third-order valence-electron chi connectivity index (χ3n) is 3.17. The van der Waals surface area contributed by atoms with Gasteiger partial charge in [-0.1, -0.05) is 12.1 Å². The number of aromatic amines is 1. The van der Waals surface area contributed by atoms with Crippen molar-refractivity contribution in [1.29, 1.82) is 0 Å². The van der Waals surface area contributed by atoms with E-state index in [4.69, 9.17) is 4.52 Å². The number of amides is 1. The first kappa shape index (κ1) is 14.2. The number of rotatable bonds is 5. The number of carbonyl (C=O) groups excluding carboxylic acids is 1. The van der Waals surface area contributed by atoms with Crippen LogP contribution in [0.4, 0.5) is 0 Å². The van der Waals surface area contributed by atoms with Crippen molar-refractivity contribution in [2.24, 2.45) is 0 Å². The Morgan fingerprint density at radius 2 is 2.20 bits per heavy atom. The van der Waals surface area contributed by atoms with Crippen molar-refractivity contribution in [2.75, 3.05) is 0 Å². The van der Waals surface area contributed by atoms with Gasteiger partial charge in [-0.15, -0.1) is 0 Å². The maximum Gasteiger partial charge on any atom is 0.248 e. The van der Waals surface area contributed by atoms with E-state index in [-0.39, 0.29) is 18.4 Å². The van der Waals surface area contributed by atoms with Gasteiger partial charge in [0.05, 0.1) is 12.1 Å². The van der Waals surface area contributed by atoms with Crippen molar-refractivity contribution in [3.8, 4) is 0 Å². The lowest BCUT2D eigenvalue weighted by Gasteiger charge is -2.09. The predicted molar refractivity (Wildman–Crippen MR) is 72.0 cm³/mol. The molecule has 0 fully saturated rings. The van der Waals surface area contributed by atoms with Gasteiger partial charge in [0.1, 0.15) is 6.04 Å². The molecule has 2 aromatic rings. The molecule has 2 N–H and O–H groups in total. The molecule has 1 unspecified atom stereocenters. The molecular formula is C13H19N5O2. The second kappa shape index (κ2) is 5.85. The topological polar surface area (TPSA) is 96.7 Å². The smallest absolute Gasteiger partial charge is 0.248 e. The van der Waals surface area contributed by atoms with Gasteiger partial charge in [-0.25, -0.2) is 0 Å². The van der Waals surface area contributed by atoms with E-state index in [9.17, 15) is 4.79 Å². The zero-order valence-electron chi connectivity index (χ0n) is 12.1. The predicted octanol–water partition coefficient (Wildman–Crippen LogP) is 1.39. The van der Waals surface area contributed by atoms with Gasteiger partial charge in [0.25, 0.3) is 0 Å². The Morgan fingerprint density at radius 3 is 2.75 bits per heavy atom. The fourth-order valence-corrected chi connectivity index (χ4v) is 1.94. The summed E-state index contributed by atoms with van der Waals surface area (Å²) in [4.78, 5) is 16.2. The summed E-state index contributed by atoms with van der Waals surface area (Å²) in [5.41, 5.74) is 2.68. The van der Waals surface area contributed by atoms with Crippen LogP contribution in [0.1, 0.15) is 48.6 Å². The molecule has 0 aliphatic carbocycles. The molecule has 0 saturated heterocycles. The van der Waals surface area contributed by atoms with Gasteiger partial charge >= 0.3 is 0 Å². The minimum Gasteiger partial charge on any atom is -0.344 e. The fourth-order valence-electron chi connectivity index (χ4n) is 1.94. The zero-order chi connectivity index (χ0) is 14.7. The third kappa shape index (κ3) is 3.04. The highest BCUT2D eigenvalue weighted by Crippen LogP contribution is 2.13. The second-order valence-electron chi connectivity index (χ2n) is 4.78. The van der Waals surface area contributed by atoms with Gasteiger partial charge in [0.2, 0.25) is 11.8 Å². The molecule has 20 heavy (non-hydrogen) atoms. The number of carbonyl (C=O) groups is 1. The minimum atomic E-state index is -0.303. The Morgan fingerprint density at radius 1 is 1.45 bits per heavy atom. The van der Waals surface area contributed by atoms with E-state index < -0.39 is 0 Å². The highest BCUT2D eigenvalue weighted by Gasteiger charge is 2.18. The van der Waals surface area contributed by atoms with E-state index in [0.29, 0.717) is 18.1 Å². The number of nitrogens with zero attached hydrogens (tertiary/aromatic N) is 3. The Kier molecular flexibility index (Phi) is 4.16. The molecule has 1 atom stereocenters. The molecule has 0 spiro atoms. The normalized spacial score (nSPS) is 12.4. The van der Waals surface area contributed by atoms with Crippen LogP contribution in [0.3, 0.4) is 0 Å². The highest BCUT2D eigenvalue weighted by atomic mass is 16.5. The maximum absolute atomic E-state index is 12.0. The molecule has 0 bridgehead atoms. The van der Waals surface area contributed by atoms with Crippen LogP contribution in [0, 0.1) is 13.8 Å². The van der Waals surface area contributed by atoms with Crippen molar-refractivity contribution < 1.29 is 9.32 Å². The molecule has 7 heteroatoms. The molecule has 7 nitrogen and oxygen atoms in total. The zero-order valence-corrected chi connectivity index (χ0v) is 12.1. The summed E-state index contributed by atoms with van der Waals surface area (Å²) in [5, 5.41) is 13.6. The lowest BCUT2D eigenvalue weighted by molar-refractivity contribution is -0.121. The maximum atomic E-state index is 12.0. The highest BCUT2D eigenvalue weighted by molar-refractivity contribution is 5.79. The van der Waals surface area contributed by atoms with Gasteiger partial charge in [0.15, 0.2) is 5.82 Å². The summed E-state index contributed by atoms with van der Waals surface area (Å²) in [6.45, 7) is 7.54. The quantitative estimate of drug-likeness (QED) is 0.860. The van der Waals surface area contributed by atoms with Gasteiger partial charge in [0, 0.05) is 17.7 Å². The first-order chi connectivity index (χ1) is 9.51. The fraction of sp³-hybridized carbons (Fsp3) is 0.538. The van der Waals surface area contributed by atoms with Crippen LogP contribution in [0.15, 0.2) is 4.52 Å². The van der Waals surface area contributed by atoms with Crippen LogP contribution in [-0.2, 0) is 17.6 Å². The molecule has 2 rings (SSSR count). The standard InChI is InChI=1S/C13H19N5O2/c1-5-11-15-13(20-18-11)9(4)14-12(19)6-10-7(2)16-17-8(10)3/h9H,5-6H2,1-4H3,(H,14,19)(H,16,17). The molecule has 0 radical (unpaired) electrons. The Hall–Kier alpha value is -2.18. The summed E-state index contributed by atoms with van der Waals surface area (Å²) in [6.07, 6.45) is 0.991. The number of nitrogens with one attached hydrogen (secondary N) is 2. The van der Waals surface area contributed by atoms with Crippen molar-refractivity contribution in [3.05, 3.63) is 28.7 Å². The summed E-state index contributed by atoms with van der Waals surface area (Å²) in [5.74, 6) is 0.972. The van der Waals surface area contributed by atoms with Crippen LogP contribution >= 0.6 is 0 Å².